The van der Waals surface area contributed by atoms with Gasteiger partial charge in [-0.2, -0.15) is 13.2 Å². The van der Waals surface area contributed by atoms with Gasteiger partial charge < -0.3 is 10.1 Å². The number of alkyl halides is 3. The molecule has 0 saturated carbocycles. The third-order valence-corrected chi connectivity index (χ3v) is 2.98. The summed E-state index contributed by atoms with van der Waals surface area (Å²) in [4.78, 5) is 0. The summed E-state index contributed by atoms with van der Waals surface area (Å²) in [6.07, 6.45) is -4.41. The first-order chi connectivity index (χ1) is 9.77. The molecule has 0 fully saturated rings. The molecule has 2 aromatic carbocycles. The summed E-state index contributed by atoms with van der Waals surface area (Å²) in [5.74, 6) is 0.164. The maximum Gasteiger partial charge on any atom is 0.416 e. The van der Waals surface area contributed by atoms with Gasteiger partial charge in [0, 0.05) is 17.4 Å². The van der Waals surface area contributed by atoms with Crippen molar-refractivity contribution in [3.8, 4) is 5.75 Å². The Morgan fingerprint density at radius 1 is 0.857 bits per heavy atom. The molecule has 5 heteroatoms. The number of methoxy groups -OCH3 is 1. The Kier molecular flexibility index (Phi) is 4.11. The van der Waals surface area contributed by atoms with Crippen LogP contribution in [0.4, 0.5) is 24.5 Å². The predicted octanol–water partition coefficient (Wildman–Crippen LogP) is 5.07. The first-order valence-electron chi connectivity index (χ1n) is 6.39. The summed E-state index contributed by atoms with van der Waals surface area (Å²) < 4.78 is 43.5. The van der Waals surface area contributed by atoms with E-state index in [-0.39, 0.29) is 5.75 Å². The number of aryl methyl sites for hydroxylation is 2. The third-order valence-electron chi connectivity index (χ3n) is 2.98. The lowest BCUT2D eigenvalue weighted by Gasteiger charge is -2.14. The minimum atomic E-state index is -4.41. The summed E-state index contributed by atoms with van der Waals surface area (Å²) in [6, 6.07) is 9.33. The molecule has 0 aromatic heterocycles. The SMILES string of the molecule is COc1cc(Nc2cc(C)cc(C)c2)cc(C(F)(F)F)c1. The molecule has 2 rings (SSSR count). The minimum absolute atomic E-state index is 0.164. The molecule has 1 N–H and O–H groups in total. The van der Waals surface area contributed by atoms with Gasteiger partial charge in [-0.15, -0.1) is 0 Å². The van der Waals surface area contributed by atoms with Crippen LogP contribution in [-0.2, 0) is 6.18 Å². The first-order valence-corrected chi connectivity index (χ1v) is 6.39. The number of anilines is 2. The maximum atomic E-state index is 12.9. The van der Waals surface area contributed by atoms with Crippen LogP contribution in [0.25, 0.3) is 0 Å². The van der Waals surface area contributed by atoms with E-state index in [1.54, 1.807) is 0 Å². The van der Waals surface area contributed by atoms with Crippen molar-refractivity contribution in [2.75, 3.05) is 12.4 Å². The van der Waals surface area contributed by atoms with Gasteiger partial charge in [0.05, 0.1) is 12.7 Å². The fourth-order valence-electron chi connectivity index (χ4n) is 2.17. The Hall–Kier alpha value is -2.17. The molecule has 0 aliphatic rings. The zero-order valence-corrected chi connectivity index (χ0v) is 12.0. The maximum absolute atomic E-state index is 12.9. The molecule has 0 heterocycles. The van der Waals surface area contributed by atoms with Crippen LogP contribution in [0.3, 0.4) is 0 Å². The zero-order chi connectivity index (χ0) is 15.6. The molecule has 0 bridgehead atoms. The van der Waals surface area contributed by atoms with Crippen molar-refractivity contribution >= 4 is 11.4 Å². The average molecular weight is 295 g/mol. The second-order valence-electron chi connectivity index (χ2n) is 4.95. The van der Waals surface area contributed by atoms with Crippen molar-refractivity contribution in [1.29, 1.82) is 0 Å². The van der Waals surface area contributed by atoms with Crippen molar-refractivity contribution in [2.45, 2.75) is 20.0 Å². The third kappa shape index (κ3) is 3.90. The van der Waals surface area contributed by atoms with Crippen molar-refractivity contribution in [2.24, 2.45) is 0 Å². The highest BCUT2D eigenvalue weighted by Crippen LogP contribution is 2.35. The number of hydrogen-bond acceptors (Lipinski definition) is 2. The lowest BCUT2D eigenvalue weighted by molar-refractivity contribution is -0.137. The summed E-state index contributed by atoms with van der Waals surface area (Å²) in [5.41, 5.74) is 2.42. The Bertz CT molecular complexity index is 630. The molecular formula is C16H16F3NO. The predicted molar refractivity (Wildman–Crippen MR) is 77.2 cm³/mol. The van der Waals surface area contributed by atoms with Gasteiger partial charge in [-0.1, -0.05) is 6.07 Å². The van der Waals surface area contributed by atoms with E-state index in [0.717, 1.165) is 28.9 Å². The van der Waals surface area contributed by atoms with Crippen LogP contribution >= 0.6 is 0 Å². The molecule has 2 nitrogen and oxygen atoms in total. The van der Waals surface area contributed by atoms with Gasteiger partial charge in [0.1, 0.15) is 5.75 Å². The molecule has 0 amide bonds. The Labute approximate surface area is 121 Å². The minimum Gasteiger partial charge on any atom is -0.497 e. The summed E-state index contributed by atoms with van der Waals surface area (Å²) >= 11 is 0. The van der Waals surface area contributed by atoms with Crippen LogP contribution in [-0.4, -0.2) is 7.11 Å². The molecule has 0 atom stereocenters. The van der Waals surface area contributed by atoms with E-state index in [2.05, 4.69) is 5.32 Å². The summed E-state index contributed by atoms with van der Waals surface area (Å²) in [5, 5.41) is 2.99. The molecule has 0 saturated heterocycles. The molecular weight excluding hydrogens is 279 g/mol. The second-order valence-corrected chi connectivity index (χ2v) is 4.95. The highest BCUT2D eigenvalue weighted by atomic mass is 19.4. The van der Waals surface area contributed by atoms with E-state index in [9.17, 15) is 13.2 Å². The fourth-order valence-corrected chi connectivity index (χ4v) is 2.17. The topological polar surface area (TPSA) is 21.3 Å². The summed E-state index contributed by atoms with van der Waals surface area (Å²) in [6.45, 7) is 3.87. The molecule has 0 spiro atoms. The highest BCUT2D eigenvalue weighted by molar-refractivity contribution is 5.64. The number of benzene rings is 2. The smallest absolute Gasteiger partial charge is 0.416 e. The van der Waals surface area contributed by atoms with E-state index < -0.39 is 11.7 Å². The van der Waals surface area contributed by atoms with Crippen LogP contribution in [0, 0.1) is 13.8 Å². The number of ether oxygens (including phenoxy) is 1. The Balaban J connectivity index is 2.39. The molecule has 2 aromatic rings. The van der Waals surface area contributed by atoms with Gasteiger partial charge in [0.25, 0.3) is 0 Å². The van der Waals surface area contributed by atoms with Gasteiger partial charge in [-0.05, 0) is 49.2 Å². The van der Waals surface area contributed by atoms with E-state index in [4.69, 9.17) is 4.74 Å². The number of rotatable bonds is 3. The van der Waals surface area contributed by atoms with Crippen LogP contribution in [0.2, 0.25) is 0 Å². The van der Waals surface area contributed by atoms with Gasteiger partial charge in [-0.3, -0.25) is 0 Å². The molecule has 21 heavy (non-hydrogen) atoms. The van der Waals surface area contributed by atoms with E-state index >= 15 is 0 Å². The molecule has 112 valence electrons. The fraction of sp³-hybridized carbons (Fsp3) is 0.250. The number of nitrogens with one attached hydrogen (secondary N) is 1. The standard InChI is InChI=1S/C16H16F3NO/c1-10-4-11(2)6-13(5-10)20-14-7-12(16(17,18)19)8-15(9-14)21-3/h4-9,20H,1-3H3. The summed E-state index contributed by atoms with van der Waals surface area (Å²) in [7, 11) is 1.34. The number of hydrogen-bond donors (Lipinski definition) is 1. The Morgan fingerprint density at radius 3 is 1.95 bits per heavy atom. The zero-order valence-electron chi connectivity index (χ0n) is 12.0. The van der Waals surface area contributed by atoms with Crippen molar-refractivity contribution < 1.29 is 17.9 Å². The van der Waals surface area contributed by atoms with Crippen molar-refractivity contribution in [3.63, 3.8) is 0 Å². The van der Waals surface area contributed by atoms with Crippen LogP contribution < -0.4 is 10.1 Å². The average Bonchev–Trinajstić information content (AvgIpc) is 2.36. The largest absolute Gasteiger partial charge is 0.497 e. The first kappa shape index (κ1) is 15.2. The van der Waals surface area contributed by atoms with Crippen LogP contribution in [0.5, 0.6) is 5.75 Å². The van der Waals surface area contributed by atoms with Crippen LogP contribution in [0.15, 0.2) is 36.4 Å². The van der Waals surface area contributed by atoms with Gasteiger partial charge >= 0.3 is 6.18 Å². The number of halogens is 3. The molecule has 0 aliphatic carbocycles. The van der Waals surface area contributed by atoms with Gasteiger partial charge in [-0.25, -0.2) is 0 Å². The van der Waals surface area contributed by atoms with E-state index in [0.29, 0.717) is 5.69 Å². The highest BCUT2D eigenvalue weighted by Gasteiger charge is 2.31. The van der Waals surface area contributed by atoms with Gasteiger partial charge in [0.15, 0.2) is 0 Å². The van der Waals surface area contributed by atoms with E-state index in [1.165, 1.54) is 13.2 Å². The molecule has 0 aliphatic heterocycles. The van der Waals surface area contributed by atoms with Gasteiger partial charge in [0.2, 0.25) is 0 Å². The van der Waals surface area contributed by atoms with Crippen molar-refractivity contribution in [1.82, 2.24) is 0 Å². The lowest BCUT2D eigenvalue weighted by Crippen LogP contribution is -2.06. The second kappa shape index (κ2) is 5.68. The lowest BCUT2D eigenvalue weighted by atomic mass is 10.1. The van der Waals surface area contributed by atoms with E-state index in [1.807, 2.05) is 32.0 Å². The molecule has 0 unspecified atom stereocenters. The quantitative estimate of drug-likeness (QED) is 0.853. The monoisotopic (exact) mass is 295 g/mol. The Morgan fingerprint density at radius 2 is 1.43 bits per heavy atom. The normalized spacial score (nSPS) is 11.3. The molecule has 0 radical (unpaired) electrons. The van der Waals surface area contributed by atoms with Crippen molar-refractivity contribution in [3.05, 3.63) is 53.1 Å². The van der Waals surface area contributed by atoms with Crippen LogP contribution in [0.1, 0.15) is 16.7 Å².